The number of benzene rings is 2. The maximum atomic E-state index is 13.7. The fraction of sp³-hybridized carbons (Fsp3) is 0.222. The molecule has 2 fully saturated rings. The predicted molar refractivity (Wildman–Crippen MR) is 140 cm³/mol. The molecule has 190 valence electrons. The summed E-state index contributed by atoms with van der Waals surface area (Å²) in [5.74, 6) is 1.08. The van der Waals surface area contributed by atoms with Crippen LogP contribution in [-0.4, -0.2) is 48.5 Å². The van der Waals surface area contributed by atoms with Crippen LogP contribution < -0.4 is 21.9 Å². The lowest BCUT2D eigenvalue weighted by Crippen LogP contribution is -2.53. The minimum absolute atomic E-state index is 0.0302. The number of nitriles is 1. The van der Waals surface area contributed by atoms with Crippen LogP contribution in [0.25, 0.3) is 16.9 Å². The number of fused-ring (bicyclic) bond motifs is 1. The third kappa shape index (κ3) is 4.07. The number of hydrogen-bond donors (Lipinski definition) is 2. The first-order chi connectivity index (χ1) is 18.4. The fourth-order valence-electron chi connectivity index (χ4n) is 4.60. The van der Waals surface area contributed by atoms with Gasteiger partial charge < -0.3 is 21.1 Å². The van der Waals surface area contributed by atoms with E-state index in [9.17, 15) is 14.9 Å². The predicted octanol–water partition coefficient (Wildman–Crippen LogP) is 2.28. The van der Waals surface area contributed by atoms with E-state index < -0.39 is 5.54 Å². The Labute approximate surface area is 217 Å². The second-order valence-electron chi connectivity index (χ2n) is 9.60. The maximum absolute atomic E-state index is 13.7. The summed E-state index contributed by atoms with van der Waals surface area (Å²) in [5, 5.41) is 9.47. The summed E-state index contributed by atoms with van der Waals surface area (Å²) in [6.45, 7) is 0.504. The van der Waals surface area contributed by atoms with Crippen molar-refractivity contribution in [2.75, 3.05) is 18.8 Å². The SMILES string of the molecule is N#C/C(=C\C1(N)CC1)C(=O)N1CC(n2c(=O)n(-c3ccc(Oc4ccccc4)cc3)c3c(N)ncnc32)C1. The van der Waals surface area contributed by atoms with Crippen molar-refractivity contribution in [3.05, 3.63) is 83.1 Å². The Balaban J connectivity index is 1.30. The van der Waals surface area contributed by atoms with E-state index in [0.29, 0.717) is 28.4 Å². The molecule has 1 aliphatic heterocycles. The number of nitrogens with zero attached hydrogens (tertiary/aromatic N) is 6. The van der Waals surface area contributed by atoms with Gasteiger partial charge in [-0.25, -0.2) is 14.8 Å². The van der Waals surface area contributed by atoms with E-state index in [1.54, 1.807) is 30.3 Å². The average molecular weight is 509 g/mol. The Morgan fingerprint density at radius 1 is 1.08 bits per heavy atom. The van der Waals surface area contributed by atoms with Crippen LogP contribution in [0.15, 0.2) is 77.4 Å². The number of amides is 1. The topological polar surface area (TPSA) is 158 Å². The second kappa shape index (κ2) is 8.86. The van der Waals surface area contributed by atoms with E-state index in [4.69, 9.17) is 16.2 Å². The Bertz CT molecular complexity index is 1670. The van der Waals surface area contributed by atoms with Crippen LogP contribution in [0.1, 0.15) is 18.9 Å². The van der Waals surface area contributed by atoms with Crippen molar-refractivity contribution >= 4 is 22.9 Å². The van der Waals surface area contributed by atoms with Crippen molar-refractivity contribution < 1.29 is 9.53 Å². The molecule has 1 saturated heterocycles. The van der Waals surface area contributed by atoms with E-state index in [-0.39, 0.29) is 42.1 Å². The Hall–Kier alpha value is -4.95. The zero-order chi connectivity index (χ0) is 26.4. The molecule has 1 saturated carbocycles. The largest absolute Gasteiger partial charge is 0.457 e. The van der Waals surface area contributed by atoms with Gasteiger partial charge in [0.05, 0.1) is 11.7 Å². The first kappa shape index (κ1) is 23.4. The molecule has 2 aromatic carbocycles. The van der Waals surface area contributed by atoms with Crippen LogP contribution in [-0.2, 0) is 4.79 Å². The van der Waals surface area contributed by atoms with Crippen molar-refractivity contribution in [1.29, 1.82) is 5.26 Å². The molecule has 11 heteroatoms. The minimum Gasteiger partial charge on any atom is -0.457 e. The summed E-state index contributed by atoms with van der Waals surface area (Å²) < 4.78 is 8.86. The molecule has 38 heavy (non-hydrogen) atoms. The molecule has 0 unspecified atom stereocenters. The van der Waals surface area contributed by atoms with Crippen LogP contribution in [0.5, 0.6) is 11.5 Å². The fourth-order valence-corrected chi connectivity index (χ4v) is 4.60. The van der Waals surface area contributed by atoms with E-state index in [1.165, 1.54) is 20.4 Å². The van der Waals surface area contributed by atoms with Crippen molar-refractivity contribution in [2.24, 2.45) is 5.73 Å². The van der Waals surface area contributed by atoms with Gasteiger partial charge >= 0.3 is 5.69 Å². The lowest BCUT2D eigenvalue weighted by molar-refractivity contribution is -0.132. The molecule has 2 aliphatic rings. The molecular formula is C27H24N8O3. The number of anilines is 1. The lowest BCUT2D eigenvalue weighted by atomic mass is 10.1. The molecule has 3 heterocycles. The summed E-state index contributed by atoms with van der Waals surface area (Å²) in [7, 11) is 0. The van der Waals surface area contributed by atoms with Gasteiger partial charge in [0.25, 0.3) is 5.91 Å². The number of ether oxygens (including phenoxy) is 1. The van der Waals surface area contributed by atoms with Gasteiger partial charge in [0.1, 0.15) is 35.0 Å². The summed E-state index contributed by atoms with van der Waals surface area (Å²) in [5.41, 5.74) is 12.7. The second-order valence-corrected chi connectivity index (χ2v) is 9.60. The molecule has 0 atom stereocenters. The summed E-state index contributed by atoms with van der Waals surface area (Å²) >= 11 is 0. The number of nitrogen functional groups attached to an aromatic ring is 1. The average Bonchev–Trinajstić information content (AvgIpc) is 3.55. The van der Waals surface area contributed by atoms with E-state index in [1.807, 2.05) is 36.4 Å². The Kier molecular flexibility index (Phi) is 5.47. The van der Waals surface area contributed by atoms with Crippen LogP contribution in [0.4, 0.5) is 5.82 Å². The number of carbonyl (C=O) groups is 1. The number of likely N-dealkylation sites (tertiary alicyclic amines) is 1. The Morgan fingerprint density at radius 3 is 2.42 bits per heavy atom. The normalized spacial score (nSPS) is 16.6. The van der Waals surface area contributed by atoms with Gasteiger partial charge in [-0.15, -0.1) is 0 Å². The number of nitrogens with two attached hydrogens (primary N) is 2. The molecule has 1 aliphatic carbocycles. The molecule has 2 aromatic heterocycles. The van der Waals surface area contributed by atoms with Gasteiger partial charge in [0.2, 0.25) is 0 Å². The van der Waals surface area contributed by atoms with Crippen molar-refractivity contribution in [3.63, 3.8) is 0 Å². The number of imidazole rings is 1. The molecule has 4 N–H and O–H groups in total. The molecular weight excluding hydrogens is 484 g/mol. The van der Waals surface area contributed by atoms with Gasteiger partial charge in [-0.3, -0.25) is 13.9 Å². The molecule has 1 amide bonds. The monoisotopic (exact) mass is 508 g/mol. The summed E-state index contributed by atoms with van der Waals surface area (Å²) in [4.78, 5) is 36.5. The molecule has 11 nitrogen and oxygen atoms in total. The van der Waals surface area contributed by atoms with Gasteiger partial charge in [-0.2, -0.15) is 5.26 Å². The van der Waals surface area contributed by atoms with E-state index in [2.05, 4.69) is 9.97 Å². The number of rotatable bonds is 6. The van der Waals surface area contributed by atoms with E-state index in [0.717, 1.165) is 12.8 Å². The van der Waals surface area contributed by atoms with Gasteiger partial charge in [0, 0.05) is 18.6 Å². The van der Waals surface area contributed by atoms with Crippen molar-refractivity contribution in [3.8, 4) is 23.3 Å². The molecule has 0 radical (unpaired) electrons. The smallest absolute Gasteiger partial charge is 0.335 e. The highest BCUT2D eigenvalue weighted by molar-refractivity contribution is 5.98. The number of carbonyl (C=O) groups excluding carboxylic acids is 1. The highest BCUT2D eigenvalue weighted by Gasteiger charge is 2.40. The summed E-state index contributed by atoms with van der Waals surface area (Å²) in [6.07, 6.45) is 4.37. The van der Waals surface area contributed by atoms with Crippen molar-refractivity contribution in [1.82, 2.24) is 24.0 Å². The Morgan fingerprint density at radius 2 is 1.76 bits per heavy atom. The molecule has 0 bridgehead atoms. The molecule has 0 spiro atoms. The van der Waals surface area contributed by atoms with Gasteiger partial charge in [-0.1, -0.05) is 18.2 Å². The zero-order valence-electron chi connectivity index (χ0n) is 20.3. The first-order valence-corrected chi connectivity index (χ1v) is 12.1. The van der Waals surface area contributed by atoms with Crippen molar-refractivity contribution in [2.45, 2.75) is 24.4 Å². The van der Waals surface area contributed by atoms with Gasteiger partial charge in [-0.05, 0) is 55.3 Å². The first-order valence-electron chi connectivity index (χ1n) is 12.1. The number of aromatic nitrogens is 4. The minimum atomic E-state index is -0.564. The van der Waals surface area contributed by atoms with E-state index >= 15 is 0 Å². The number of hydrogen-bond acceptors (Lipinski definition) is 8. The third-order valence-electron chi connectivity index (χ3n) is 6.88. The van der Waals surface area contributed by atoms with Gasteiger partial charge in [0.15, 0.2) is 11.5 Å². The third-order valence-corrected chi connectivity index (χ3v) is 6.88. The van der Waals surface area contributed by atoms with Crippen LogP contribution in [0, 0.1) is 11.3 Å². The molecule has 4 aromatic rings. The maximum Gasteiger partial charge on any atom is 0.335 e. The lowest BCUT2D eigenvalue weighted by Gasteiger charge is -2.39. The van der Waals surface area contributed by atoms with Crippen LogP contribution >= 0.6 is 0 Å². The zero-order valence-corrected chi connectivity index (χ0v) is 20.3. The summed E-state index contributed by atoms with van der Waals surface area (Å²) in [6, 6.07) is 18.1. The highest BCUT2D eigenvalue weighted by atomic mass is 16.5. The quantitative estimate of drug-likeness (QED) is 0.296. The van der Waals surface area contributed by atoms with Crippen LogP contribution in [0.3, 0.4) is 0 Å². The van der Waals surface area contributed by atoms with Crippen LogP contribution in [0.2, 0.25) is 0 Å². The molecule has 6 rings (SSSR count). The highest BCUT2D eigenvalue weighted by Crippen LogP contribution is 2.35. The number of para-hydroxylation sites is 1. The standard InChI is InChI=1S/C27H24N8O3/c28-13-17(12-27(30)10-11-27)25(36)33-14-19(15-33)35-24-22(23(29)31-16-32-24)34(26(35)37)18-6-8-21(9-7-18)38-20-4-2-1-3-5-20/h1-9,12,16,19H,10-11,14-15,30H2,(H2,29,31,32)/b17-12+.